The predicted octanol–water partition coefficient (Wildman–Crippen LogP) is 2.41. The van der Waals surface area contributed by atoms with Crippen molar-refractivity contribution < 1.29 is 9.53 Å². The van der Waals surface area contributed by atoms with Crippen LogP contribution in [0.3, 0.4) is 0 Å². The molecule has 3 aliphatic rings. The summed E-state index contributed by atoms with van der Waals surface area (Å²) in [5, 5.41) is 0.795. The number of rotatable bonds is 4. The minimum Gasteiger partial charge on any atom is -0.376 e. The Labute approximate surface area is 142 Å². The van der Waals surface area contributed by atoms with Crippen LogP contribution in [-0.4, -0.2) is 54.6 Å². The highest BCUT2D eigenvalue weighted by atomic mass is 35.5. The lowest BCUT2D eigenvalue weighted by atomic mass is 9.93. The fourth-order valence-electron chi connectivity index (χ4n) is 4.27. The Morgan fingerprint density at radius 3 is 3.00 bits per heavy atom. The Kier molecular flexibility index (Phi) is 4.31. The molecule has 4 rings (SSSR count). The molecule has 3 heterocycles. The number of carbonyl (C=O) groups is 1. The Bertz CT molecular complexity index is 594. The molecule has 0 bridgehead atoms. The molecule has 5 heteroatoms. The van der Waals surface area contributed by atoms with Gasteiger partial charge in [0.25, 0.3) is 0 Å². The summed E-state index contributed by atoms with van der Waals surface area (Å²) < 4.78 is 6.02. The molecule has 0 aliphatic carbocycles. The fraction of sp³-hybridized carbons (Fsp3) is 0.611. The molecule has 0 saturated carbocycles. The number of fused-ring (bicyclic) bond motifs is 1. The summed E-state index contributed by atoms with van der Waals surface area (Å²) in [6, 6.07) is 8.08. The molecule has 0 aromatic heterocycles. The van der Waals surface area contributed by atoms with Crippen LogP contribution in [0, 0.1) is 11.8 Å². The number of ether oxygens (including phenoxy) is 1. The van der Waals surface area contributed by atoms with E-state index in [4.69, 9.17) is 16.3 Å². The van der Waals surface area contributed by atoms with E-state index >= 15 is 0 Å². The minimum absolute atomic E-state index is 0.322. The smallest absolute Gasteiger partial charge is 0.222 e. The Morgan fingerprint density at radius 1 is 1.30 bits per heavy atom. The highest BCUT2D eigenvalue weighted by molar-refractivity contribution is 6.30. The Hall–Kier alpha value is -1.10. The topological polar surface area (TPSA) is 32.8 Å². The summed E-state index contributed by atoms with van der Waals surface area (Å²) in [5.41, 5.74) is 1.25. The lowest BCUT2D eigenvalue weighted by molar-refractivity contribution is -0.128. The molecule has 4 nitrogen and oxygen atoms in total. The average molecular weight is 335 g/mol. The second-order valence-electron chi connectivity index (χ2n) is 7.06. The minimum atomic E-state index is 0.322. The van der Waals surface area contributed by atoms with E-state index in [2.05, 4.69) is 11.0 Å². The first-order valence-corrected chi connectivity index (χ1v) is 8.93. The molecular weight excluding hydrogens is 312 g/mol. The van der Waals surface area contributed by atoms with Crippen molar-refractivity contribution in [2.75, 3.05) is 32.8 Å². The number of nitrogens with zero attached hydrogens (tertiary/aromatic N) is 2. The standard InChI is InChI=1S/C18H23ClN2O2/c19-15-4-1-3-13(7-15)8-20-10-16-14(12-23-17(16)11-20)9-21-6-2-5-18(21)22/h1,3-4,7,14,16-17H,2,5-6,8-12H2/t14-,16+,17+/m0/s1. The van der Waals surface area contributed by atoms with Gasteiger partial charge < -0.3 is 9.64 Å². The zero-order valence-corrected chi connectivity index (χ0v) is 14.0. The molecule has 3 atom stereocenters. The Balaban J connectivity index is 1.36. The first-order valence-electron chi connectivity index (χ1n) is 8.55. The Morgan fingerprint density at radius 2 is 2.22 bits per heavy atom. The summed E-state index contributed by atoms with van der Waals surface area (Å²) in [4.78, 5) is 16.3. The van der Waals surface area contributed by atoms with Crippen molar-refractivity contribution in [1.29, 1.82) is 0 Å². The molecule has 1 amide bonds. The number of hydrogen-bond donors (Lipinski definition) is 0. The van der Waals surface area contributed by atoms with E-state index in [1.807, 2.05) is 23.1 Å². The van der Waals surface area contributed by atoms with Gasteiger partial charge in [0, 0.05) is 56.0 Å². The predicted molar refractivity (Wildman–Crippen MR) is 89.3 cm³/mol. The van der Waals surface area contributed by atoms with Gasteiger partial charge in [-0.25, -0.2) is 0 Å². The summed E-state index contributed by atoms with van der Waals surface area (Å²) >= 11 is 6.08. The van der Waals surface area contributed by atoms with Gasteiger partial charge >= 0.3 is 0 Å². The summed E-state index contributed by atoms with van der Waals surface area (Å²) in [6.07, 6.45) is 2.07. The average Bonchev–Trinajstić information content (AvgIpc) is 3.18. The largest absolute Gasteiger partial charge is 0.376 e. The molecule has 3 aliphatic heterocycles. The number of hydrogen-bond acceptors (Lipinski definition) is 3. The third-order valence-electron chi connectivity index (χ3n) is 5.44. The summed E-state index contributed by atoms with van der Waals surface area (Å²) in [6.45, 7) is 5.59. The SMILES string of the molecule is O=C1CCCN1C[C@H]1CO[C@@H]2CN(Cc3cccc(Cl)c3)C[C@H]12. The van der Waals surface area contributed by atoms with Crippen LogP contribution in [0.2, 0.25) is 5.02 Å². The molecule has 3 saturated heterocycles. The lowest BCUT2D eigenvalue weighted by Crippen LogP contribution is -2.35. The quantitative estimate of drug-likeness (QED) is 0.847. The highest BCUT2D eigenvalue weighted by Crippen LogP contribution is 2.35. The molecule has 0 spiro atoms. The molecule has 124 valence electrons. The van der Waals surface area contributed by atoms with Gasteiger partial charge in [0.15, 0.2) is 0 Å². The third kappa shape index (κ3) is 3.25. The van der Waals surface area contributed by atoms with Crippen molar-refractivity contribution in [3.63, 3.8) is 0 Å². The molecule has 1 aromatic rings. The molecule has 0 unspecified atom stereocenters. The van der Waals surface area contributed by atoms with Gasteiger partial charge in [0.2, 0.25) is 5.91 Å². The zero-order valence-electron chi connectivity index (χ0n) is 13.3. The van der Waals surface area contributed by atoms with E-state index in [0.717, 1.165) is 57.2 Å². The maximum atomic E-state index is 11.9. The molecule has 0 radical (unpaired) electrons. The van der Waals surface area contributed by atoms with E-state index in [9.17, 15) is 4.79 Å². The maximum absolute atomic E-state index is 11.9. The van der Waals surface area contributed by atoms with Crippen LogP contribution < -0.4 is 0 Å². The second kappa shape index (κ2) is 6.42. The van der Waals surface area contributed by atoms with E-state index in [0.29, 0.717) is 23.8 Å². The van der Waals surface area contributed by atoms with Crippen molar-refractivity contribution >= 4 is 17.5 Å². The monoisotopic (exact) mass is 334 g/mol. The van der Waals surface area contributed by atoms with Gasteiger partial charge in [-0.15, -0.1) is 0 Å². The van der Waals surface area contributed by atoms with Gasteiger partial charge in [-0.2, -0.15) is 0 Å². The fourth-order valence-corrected chi connectivity index (χ4v) is 4.48. The van der Waals surface area contributed by atoms with Crippen LogP contribution in [0.1, 0.15) is 18.4 Å². The van der Waals surface area contributed by atoms with Crippen molar-refractivity contribution in [2.45, 2.75) is 25.5 Å². The van der Waals surface area contributed by atoms with Crippen molar-refractivity contribution in [2.24, 2.45) is 11.8 Å². The summed E-state index contributed by atoms with van der Waals surface area (Å²) in [7, 11) is 0. The number of carbonyl (C=O) groups excluding carboxylic acids is 1. The van der Waals surface area contributed by atoms with E-state index in [1.165, 1.54) is 5.56 Å². The van der Waals surface area contributed by atoms with Crippen molar-refractivity contribution in [3.8, 4) is 0 Å². The van der Waals surface area contributed by atoms with Gasteiger partial charge in [-0.05, 0) is 24.1 Å². The highest BCUT2D eigenvalue weighted by Gasteiger charge is 2.44. The summed E-state index contributed by atoms with van der Waals surface area (Å²) in [5.74, 6) is 1.37. The van der Waals surface area contributed by atoms with E-state index in [-0.39, 0.29) is 0 Å². The number of benzene rings is 1. The van der Waals surface area contributed by atoms with Crippen LogP contribution >= 0.6 is 11.6 Å². The van der Waals surface area contributed by atoms with Gasteiger partial charge in [-0.1, -0.05) is 23.7 Å². The van der Waals surface area contributed by atoms with Gasteiger partial charge in [0.05, 0.1) is 12.7 Å². The van der Waals surface area contributed by atoms with Crippen molar-refractivity contribution in [3.05, 3.63) is 34.9 Å². The lowest BCUT2D eigenvalue weighted by Gasteiger charge is -2.24. The maximum Gasteiger partial charge on any atom is 0.222 e. The first-order chi connectivity index (χ1) is 11.2. The van der Waals surface area contributed by atoms with Gasteiger partial charge in [0.1, 0.15) is 0 Å². The number of amides is 1. The van der Waals surface area contributed by atoms with Gasteiger partial charge in [-0.3, -0.25) is 9.69 Å². The van der Waals surface area contributed by atoms with Crippen LogP contribution in [0.4, 0.5) is 0 Å². The normalized spacial score (nSPS) is 31.1. The first kappa shape index (κ1) is 15.4. The molecule has 3 fully saturated rings. The molecule has 0 N–H and O–H groups in total. The zero-order chi connectivity index (χ0) is 15.8. The number of likely N-dealkylation sites (tertiary alicyclic amines) is 2. The van der Waals surface area contributed by atoms with Crippen LogP contribution in [-0.2, 0) is 16.1 Å². The van der Waals surface area contributed by atoms with Crippen LogP contribution in [0.5, 0.6) is 0 Å². The molecule has 23 heavy (non-hydrogen) atoms. The third-order valence-corrected chi connectivity index (χ3v) is 5.67. The molecule has 1 aromatic carbocycles. The van der Waals surface area contributed by atoms with Crippen LogP contribution in [0.25, 0.3) is 0 Å². The molecular formula is C18H23ClN2O2. The van der Waals surface area contributed by atoms with Crippen LogP contribution in [0.15, 0.2) is 24.3 Å². The number of halogens is 1. The van der Waals surface area contributed by atoms with E-state index < -0.39 is 0 Å². The van der Waals surface area contributed by atoms with Crippen molar-refractivity contribution in [1.82, 2.24) is 9.80 Å². The van der Waals surface area contributed by atoms with E-state index in [1.54, 1.807) is 0 Å². The second-order valence-corrected chi connectivity index (χ2v) is 7.50.